The van der Waals surface area contributed by atoms with Crippen LogP contribution in [0.3, 0.4) is 0 Å². The van der Waals surface area contributed by atoms with Crippen LogP contribution in [0, 0.1) is 0 Å². The molecule has 1 fully saturated rings. The van der Waals surface area contributed by atoms with Crippen LogP contribution in [-0.4, -0.2) is 23.9 Å². The lowest BCUT2D eigenvalue weighted by molar-refractivity contribution is -0.0594. The van der Waals surface area contributed by atoms with Gasteiger partial charge in [-0.2, -0.15) is 0 Å². The molecular weight excluding hydrogens is 176 g/mol. The van der Waals surface area contributed by atoms with Gasteiger partial charge in [0.25, 0.3) is 0 Å². The first-order valence-electron chi connectivity index (χ1n) is 6.14. The van der Waals surface area contributed by atoms with Crippen molar-refractivity contribution in [3.05, 3.63) is 0 Å². The summed E-state index contributed by atoms with van der Waals surface area (Å²) < 4.78 is 5.69. The third-order valence-corrected chi connectivity index (χ3v) is 3.00. The van der Waals surface area contributed by atoms with Gasteiger partial charge in [-0.1, -0.05) is 39.0 Å². The molecule has 0 aliphatic heterocycles. The van der Waals surface area contributed by atoms with Crippen LogP contribution in [0.25, 0.3) is 0 Å². The van der Waals surface area contributed by atoms with Crippen molar-refractivity contribution in [1.29, 1.82) is 0 Å². The Kier molecular flexibility index (Phi) is 6.20. The number of aliphatic hydroxyl groups excluding tert-OH is 1. The van der Waals surface area contributed by atoms with Gasteiger partial charge in [-0.25, -0.2) is 0 Å². The highest BCUT2D eigenvalue weighted by Crippen LogP contribution is 2.21. The summed E-state index contributed by atoms with van der Waals surface area (Å²) in [5.41, 5.74) is 0. The molecule has 0 aromatic carbocycles. The smallest absolute Gasteiger partial charge is 0.0833 e. The molecule has 2 atom stereocenters. The van der Waals surface area contributed by atoms with Crippen LogP contribution < -0.4 is 0 Å². The number of unbranched alkanes of at least 4 members (excludes halogenated alkanes) is 3. The molecule has 2 unspecified atom stereocenters. The standard InChI is InChI=1S/C12H24O2/c1-2-3-4-7-10-14-12-9-6-5-8-11(12)13/h11-13H,2-10H2,1H3. The van der Waals surface area contributed by atoms with E-state index in [0.717, 1.165) is 32.3 Å². The maximum atomic E-state index is 9.65. The molecule has 2 nitrogen and oxygen atoms in total. The fourth-order valence-corrected chi connectivity index (χ4v) is 2.04. The minimum absolute atomic E-state index is 0.130. The second-order valence-corrected chi connectivity index (χ2v) is 4.32. The maximum Gasteiger partial charge on any atom is 0.0833 e. The molecule has 1 rings (SSSR count). The van der Waals surface area contributed by atoms with Gasteiger partial charge in [0.05, 0.1) is 12.2 Å². The largest absolute Gasteiger partial charge is 0.390 e. The third-order valence-electron chi connectivity index (χ3n) is 3.00. The van der Waals surface area contributed by atoms with E-state index < -0.39 is 0 Å². The van der Waals surface area contributed by atoms with E-state index in [9.17, 15) is 5.11 Å². The Labute approximate surface area is 87.7 Å². The molecule has 0 spiro atoms. The first-order chi connectivity index (χ1) is 6.84. The Morgan fingerprint density at radius 2 is 1.93 bits per heavy atom. The van der Waals surface area contributed by atoms with Gasteiger partial charge in [0.1, 0.15) is 0 Å². The molecule has 0 radical (unpaired) electrons. The Hall–Kier alpha value is -0.0800. The topological polar surface area (TPSA) is 29.5 Å². The lowest BCUT2D eigenvalue weighted by atomic mass is 9.95. The van der Waals surface area contributed by atoms with Gasteiger partial charge in [0.15, 0.2) is 0 Å². The summed E-state index contributed by atoms with van der Waals surface area (Å²) in [6.45, 7) is 3.05. The van der Waals surface area contributed by atoms with Crippen molar-refractivity contribution in [2.24, 2.45) is 0 Å². The first kappa shape index (κ1) is 12.0. The quantitative estimate of drug-likeness (QED) is 0.668. The van der Waals surface area contributed by atoms with E-state index in [-0.39, 0.29) is 12.2 Å². The van der Waals surface area contributed by atoms with Crippen LogP contribution in [0.2, 0.25) is 0 Å². The number of hydrogen-bond donors (Lipinski definition) is 1. The predicted octanol–water partition coefficient (Wildman–Crippen LogP) is 2.89. The van der Waals surface area contributed by atoms with Crippen molar-refractivity contribution in [2.45, 2.75) is 70.5 Å². The van der Waals surface area contributed by atoms with E-state index in [1.54, 1.807) is 0 Å². The monoisotopic (exact) mass is 200 g/mol. The second kappa shape index (κ2) is 7.24. The lowest BCUT2D eigenvalue weighted by Gasteiger charge is -2.27. The molecule has 0 amide bonds. The number of ether oxygens (including phenoxy) is 1. The summed E-state index contributed by atoms with van der Waals surface area (Å²) in [4.78, 5) is 0. The van der Waals surface area contributed by atoms with E-state index in [1.807, 2.05) is 0 Å². The van der Waals surface area contributed by atoms with Gasteiger partial charge >= 0.3 is 0 Å². The van der Waals surface area contributed by atoms with Gasteiger partial charge in [-0.15, -0.1) is 0 Å². The summed E-state index contributed by atoms with van der Waals surface area (Å²) in [5.74, 6) is 0. The highest BCUT2D eigenvalue weighted by molar-refractivity contribution is 4.74. The molecule has 84 valence electrons. The second-order valence-electron chi connectivity index (χ2n) is 4.32. The molecule has 0 heterocycles. The Balaban J connectivity index is 1.99. The minimum atomic E-state index is -0.199. The van der Waals surface area contributed by atoms with E-state index in [2.05, 4.69) is 6.92 Å². The normalized spacial score (nSPS) is 27.9. The summed E-state index contributed by atoms with van der Waals surface area (Å²) in [6, 6.07) is 0. The van der Waals surface area contributed by atoms with Crippen LogP contribution in [0.5, 0.6) is 0 Å². The zero-order valence-corrected chi connectivity index (χ0v) is 9.37. The zero-order chi connectivity index (χ0) is 10.2. The fraction of sp³-hybridized carbons (Fsp3) is 1.00. The molecule has 0 aromatic heterocycles. The van der Waals surface area contributed by atoms with Gasteiger partial charge in [0, 0.05) is 6.61 Å². The van der Waals surface area contributed by atoms with Crippen LogP contribution in [0.15, 0.2) is 0 Å². The molecule has 0 saturated heterocycles. The van der Waals surface area contributed by atoms with Crippen molar-refractivity contribution >= 4 is 0 Å². The van der Waals surface area contributed by atoms with E-state index in [0.29, 0.717) is 0 Å². The highest BCUT2D eigenvalue weighted by Gasteiger charge is 2.22. The Morgan fingerprint density at radius 1 is 1.14 bits per heavy atom. The van der Waals surface area contributed by atoms with Gasteiger partial charge in [0.2, 0.25) is 0 Å². The van der Waals surface area contributed by atoms with Gasteiger partial charge in [-0.3, -0.25) is 0 Å². The van der Waals surface area contributed by atoms with Gasteiger partial charge < -0.3 is 9.84 Å². The van der Waals surface area contributed by atoms with E-state index in [1.165, 1.54) is 25.7 Å². The number of rotatable bonds is 6. The van der Waals surface area contributed by atoms with Gasteiger partial charge in [-0.05, 0) is 19.3 Å². The van der Waals surface area contributed by atoms with Crippen molar-refractivity contribution in [2.75, 3.05) is 6.61 Å². The molecule has 14 heavy (non-hydrogen) atoms. The average molecular weight is 200 g/mol. The summed E-state index contributed by atoms with van der Waals surface area (Å²) in [7, 11) is 0. The molecule has 1 N–H and O–H groups in total. The Bertz CT molecular complexity index is 136. The highest BCUT2D eigenvalue weighted by atomic mass is 16.5. The molecule has 1 aliphatic carbocycles. The molecule has 0 aromatic rings. The third kappa shape index (κ3) is 4.43. The molecule has 2 heteroatoms. The summed E-state index contributed by atoms with van der Waals surface area (Å²) in [6.07, 6.45) is 9.28. The van der Waals surface area contributed by atoms with Crippen LogP contribution in [0.1, 0.15) is 58.3 Å². The maximum absolute atomic E-state index is 9.65. The van der Waals surface area contributed by atoms with E-state index in [4.69, 9.17) is 4.74 Å². The lowest BCUT2D eigenvalue weighted by Crippen LogP contribution is -2.32. The van der Waals surface area contributed by atoms with Crippen LogP contribution in [-0.2, 0) is 4.74 Å². The van der Waals surface area contributed by atoms with E-state index >= 15 is 0 Å². The summed E-state index contributed by atoms with van der Waals surface area (Å²) in [5, 5.41) is 9.65. The van der Waals surface area contributed by atoms with Crippen LogP contribution >= 0.6 is 0 Å². The molecule has 1 aliphatic rings. The minimum Gasteiger partial charge on any atom is -0.390 e. The zero-order valence-electron chi connectivity index (χ0n) is 9.37. The fourth-order valence-electron chi connectivity index (χ4n) is 2.04. The number of hydrogen-bond acceptors (Lipinski definition) is 2. The predicted molar refractivity (Wildman–Crippen MR) is 58.4 cm³/mol. The molecule has 0 bridgehead atoms. The SMILES string of the molecule is CCCCCCOC1CCCCC1O. The van der Waals surface area contributed by atoms with Crippen molar-refractivity contribution in [3.63, 3.8) is 0 Å². The molecular formula is C12H24O2. The van der Waals surface area contributed by atoms with Crippen LogP contribution in [0.4, 0.5) is 0 Å². The average Bonchev–Trinajstić information content (AvgIpc) is 2.20. The molecule has 1 saturated carbocycles. The van der Waals surface area contributed by atoms with Crippen molar-refractivity contribution in [3.8, 4) is 0 Å². The first-order valence-corrected chi connectivity index (χ1v) is 6.14. The number of aliphatic hydroxyl groups is 1. The van der Waals surface area contributed by atoms with Crippen molar-refractivity contribution < 1.29 is 9.84 Å². The summed E-state index contributed by atoms with van der Waals surface area (Å²) >= 11 is 0. The van der Waals surface area contributed by atoms with Crippen molar-refractivity contribution in [1.82, 2.24) is 0 Å². The Morgan fingerprint density at radius 3 is 2.64 bits per heavy atom.